The number of carboxylic acids is 1. The second kappa shape index (κ2) is 6.10. The molecule has 2 aromatic carbocycles. The lowest BCUT2D eigenvalue weighted by atomic mass is 10.1. The van der Waals surface area contributed by atoms with Crippen LogP contribution in [0, 0.1) is 18.3 Å². The molecule has 0 aliphatic carbocycles. The lowest BCUT2D eigenvalue weighted by molar-refractivity contribution is 0.0697. The molecular formula is C16H14N2O4S. The third kappa shape index (κ3) is 3.03. The Labute approximate surface area is 134 Å². The second-order valence-electron chi connectivity index (χ2n) is 4.88. The molecule has 0 saturated heterocycles. The fourth-order valence-electron chi connectivity index (χ4n) is 2.10. The number of nitriles is 1. The van der Waals surface area contributed by atoms with Crippen molar-refractivity contribution in [2.24, 2.45) is 0 Å². The number of sulfonamides is 1. The molecule has 0 unspecified atom stereocenters. The highest BCUT2D eigenvalue weighted by Gasteiger charge is 2.25. The molecule has 0 radical (unpaired) electrons. The Hall–Kier alpha value is -2.85. The maximum absolute atomic E-state index is 12.7. The van der Waals surface area contributed by atoms with Crippen LogP contribution in [-0.2, 0) is 10.0 Å². The van der Waals surface area contributed by atoms with Gasteiger partial charge < -0.3 is 5.11 Å². The summed E-state index contributed by atoms with van der Waals surface area (Å²) < 4.78 is 26.5. The zero-order valence-corrected chi connectivity index (χ0v) is 13.3. The van der Waals surface area contributed by atoms with Gasteiger partial charge in [-0.2, -0.15) is 5.26 Å². The fourth-order valence-corrected chi connectivity index (χ4v) is 3.51. The second-order valence-corrected chi connectivity index (χ2v) is 6.82. The molecule has 23 heavy (non-hydrogen) atoms. The highest BCUT2D eigenvalue weighted by atomic mass is 32.2. The third-order valence-electron chi connectivity index (χ3n) is 3.46. The highest BCUT2D eigenvalue weighted by molar-refractivity contribution is 7.92. The van der Waals surface area contributed by atoms with E-state index >= 15 is 0 Å². The average molecular weight is 330 g/mol. The number of carbonyl (C=O) groups is 1. The molecule has 118 valence electrons. The van der Waals surface area contributed by atoms with Crippen LogP contribution in [0.15, 0.2) is 47.4 Å². The summed E-state index contributed by atoms with van der Waals surface area (Å²) in [6, 6.07) is 12.0. The Bertz CT molecular complexity index is 897. The number of anilines is 1. The zero-order valence-electron chi connectivity index (χ0n) is 12.5. The van der Waals surface area contributed by atoms with Crippen molar-refractivity contribution >= 4 is 21.7 Å². The number of hydrogen-bond donors (Lipinski definition) is 1. The maximum atomic E-state index is 12.7. The van der Waals surface area contributed by atoms with E-state index in [1.165, 1.54) is 37.4 Å². The van der Waals surface area contributed by atoms with Crippen LogP contribution in [-0.4, -0.2) is 26.5 Å². The number of aryl methyl sites for hydroxylation is 1. The summed E-state index contributed by atoms with van der Waals surface area (Å²) in [6.07, 6.45) is 0. The molecule has 0 fully saturated rings. The zero-order chi connectivity index (χ0) is 17.2. The van der Waals surface area contributed by atoms with Gasteiger partial charge in [0.1, 0.15) is 11.0 Å². The number of benzene rings is 2. The van der Waals surface area contributed by atoms with Gasteiger partial charge in [0.25, 0.3) is 10.0 Å². The number of carboxylic acid groups (broad SMARTS) is 1. The maximum Gasteiger partial charge on any atom is 0.335 e. The molecule has 0 aliphatic heterocycles. The number of hydrogen-bond acceptors (Lipinski definition) is 4. The van der Waals surface area contributed by atoms with Gasteiger partial charge in [-0.1, -0.05) is 12.1 Å². The molecule has 1 N–H and O–H groups in total. The molecule has 0 heterocycles. The van der Waals surface area contributed by atoms with Gasteiger partial charge >= 0.3 is 5.97 Å². The molecule has 0 bridgehead atoms. The van der Waals surface area contributed by atoms with Crippen molar-refractivity contribution in [3.8, 4) is 6.07 Å². The molecule has 0 aromatic heterocycles. The van der Waals surface area contributed by atoms with E-state index in [2.05, 4.69) is 0 Å². The molecule has 0 atom stereocenters. The average Bonchev–Trinajstić information content (AvgIpc) is 2.53. The van der Waals surface area contributed by atoms with Gasteiger partial charge in [-0.25, -0.2) is 13.2 Å². The quantitative estimate of drug-likeness (QED) is 0.928. The summed E-state index contributed by atoms with van der Waals surface area (Å²) in [5.41, 5.74) is 1.04. The first kappa shape index (κ1) is 16.5. The van der Waals surface area contributed by atoms with E-state index in [9.17, 15) is 18.5 Å². The van der Waals surface area contributed by atoms with Crippen molar-refractivity contribution in [2.75, 3.05) is 11.4 Å². The lowest BCUT2D eigenvalue weighted by Crippen LogP contribution is -2.27. The summed E-state index contributed by atoms with van der Waals surface area (Å²) in [5.74, 6) is -1.09. The van der Waals surface area contributed by atoms with Crippen molar-refractivity contribution in [1.82, 2.24) is 0 Å². The van der Waals surface area contributed by atoms with Crippen LogP contribution in [0.1, 0.15) is 21.5 Å². The standard InChI is InChI=1S/C16H14N2O4S/c1-11-4-3-5-15(14(11)10-17)23(21,22)18(2)13-8-6-12(7-9-13)16(19)20/h3-9H,1-2H3,(H,19,20). The van der Waals surface area contributed by atoms with Gasteiger partial charge in [-0.05, 0) is 42.8 Å². The molecule has 6 nitrogen and oxygen atoms in total. The molecular weight excluding hydrogens is 316 g/mol. The fraction of sp³-hybridized carbons (Fsp3) is 0.125. The Morgan fingerprint density at radius 3 is 2.30 bits per heavy atom. The van der Waals surface area contributed by atoms with E-state index in [1.807, 2.05) is 6.07 Å². The highest BCUT2D eigenvalue weighted by Crippen LogP contribution is 2.26. The SMILES string of the molecule is Cc1cccc(S(=O)(=O)N(C)c2ccc(C(=O)O)cc2)c1C#N. The van der Waals surface area contributed by atoms with Gasteiger partial charge in [0.05, 0.1) is 16.8 Å². The molecule has 7 heteroatoms. The van der Waals surface area contributed by atoms with Gasteiger partial charge in [-0.15, -0.1) is 0 Å². The van der Waals surface area contributed by atoms with E-state index in [0.29, 0.717) is 11.3 Å². The molecule has 0 spiro atoms. The van der Waals surface area contributed by atoms with E-state index < -0.39 is 16.0 Å². The summed E-state index contributed by atoms with van der Waals surface area (Å²) in [5, 5.41) is 18.1. The van der Waals surface area contributed by atoms with Crippen molar-refractivity contribution in [3.63, 3.8) is 0 Å². The minimum Gasteiger partial charge on any atom is -0.478 e. The first-order valence-electron chi connectivity index (χ1n) is 6.61. The van der Waals surface area contributed by atoms with E-state index in [-0.39, 0.29) is 16.0 Å². The molecule has 2 aromatic rings. The predicted molar refractivity (Wildman–Crippen MR) is 84.9 cm³/mol. The smallest absolute Gasteiger partial charge is 0.335 e. The van der Waals surface area contributed by atoms with Gasteiger partial charge in [-0.3, -0.25) is 4.31 Å². The molecule has 0 amide bonds. The van der Waals surface area contributed by atoms with Crippen LogP contribution in [0.3, 0.4) is 0 Å². The Balaban J connectivity index is 2.50. The van der Waals surface area contributed by atoms with Crippen molar-refractivity contribution in [3.05, 3.63) is 59.2 Å². The topological polar surface area (TPSA) is 98.5 Å². The Kier molecular flexibility index (Phi) is 4.38. The first-order valence-corrected chi connectivity index (χ1v) is 8.05. The third-order valence-corrected chi connectivity index (χ3v) is 5.29. The monoisotopic (exact) mass is 330 g/mol. The normalized spacial score (nSPS) is 10.8. The van der Waals surface area contributed by atoms with Crippen LogP contribution in [0.4, 0.5) is 5.69 Å². The molecule has 0 saturated carbocycles. The van der Waals surface area contributed by atoms with Gasteiger partial charge in [0.15, 0.2) is 0 Å². The van der Waals surface area contributed by atoms with Crippen LogP contribution < -0.4 is 4.31 Å². The summed E-state index contributed by atoms with van der Waals surface area (Å²) in [6.45, 7) is 1.67. The first-order chi connectivity index (χ1) is 10.8. The largest absolute Gasteiger partial charge is 0.478 e. The van der Waals surface area contributed by atoms with Crippen LogP contribution in [0.25, 0.3) is 0 Å². The van der Waals surface area contributed by atoms with Crippen molar-refractivity contribution in [1.29, 1.82) is 5.26 Å². The van der Waals surface area contributed by atoms with E-state index in [1.54, 1.807) is 19.1 Å². The van der Waals surface area contributed by atoms with Crippen molar-refractivity contribution < 1.29 is 18.3 Å². The van der Waals surface area contributed by atoms with Crippen molar-refractivity contribution in [2.45, 2.75) is 11.8 Å². The van der Waals surface area contributed by atoms with Crippen LogP contribution in [0.5, 0.6) is 0 Å². The number of aromatic carboxylic acids is 1. The minimum atomic E-state index is -3.93. The number of nitrogens with zero attached hydrogens (tertiary/aromatic N) is 2. The summed E-state index contributed by atoms with van der Waals surface area (Å²) in [4.78, 5) is 10.8. The Morgan fingerprint density at radius 2 is 1.78 bits per heavy atom. The summed E-state index contributed by atoms with van der Waals surface area (Å²) >= 11 is 0. The van der Waals surface area contributed by atoms with Gasteiger partial charge in [0.2, 0.25) is 0 Å². The molecule has 2 rings (SSSR count). The van der Waals surface area contributed by atoms with E-state index in [4.69, 9.17) is 5.11 Å². The summed E-state index contributed by atoms with van der Waals surface area (Å²) in [7, 11) is -2.57. The lowest BCUT2D eigenvalue weighted by Gasteiger charge is -2.20. The van der Waals surface area contributed by atoms with Gasteiger partial charge in [0, 0.05) is 7.05 Å². The van der Waals surface area contributed by atoms with E-state index in [0.717, 1.165) is 4.31 Å². The predicted octanol–water partition coefficient (Wildman–Crippen LogP) is 2.39. The molecule has 0 aliphatic rings. The minimum absolute atomic E-state index is 0.0628. The Morgan fingerprint density at radius 1 is 1.17 bits per heavy atom. The van der Waals surface area contributed by atoms with Crippen LogP contribution in [0.2, 0.25) is 0 Å². The number of rotatable bonds is 4. The van der Waals surface area contributed by atoms with Crippen LogP contribution >= 0.6 is 0 Å².